The summed E-state index contributed by atoms with van der Waals surface area (Å²) in [5.74, 6) is 1.27. The van der Waals surface area contributed by atoms with Crippen molar-refractivity contribution in [3.63, 3.8) is 0 Å². The summed E-state index contributed by atoms with van der Waals surface area (Å²) in [5.41, 5.74) is 10.6. The number of aromatic nitrogens is 3. The molecule has 2 saturated carbocycles. The summed E-state index contributed by atoms with van der Waals surface area (Å²) < 4.78 is 2.22. The first-order valence-electron chi connectivity index (χ1n) is 14.5. The molecule has 2 amide bonds. The van der Waals surface area contributed by atoms with Gasteiger partial charge in [0, 0.05) is 42.1 Å². The second kappa shape index (κ2) is 10.5. The second-order valence-corrected chi connectivity index (χ2v) is 11.7. The Morgan fingerprint density at radius 3 is 2.38 bits per heavy atom. The van der Waals surface area contributed by atoms with Gasteiger partial charge in [0.15, 0.2) is 0 Å². The van der Waals surface area contributed by atoms with Crippen LogP contribution >= 0.6 is 0 Å². The fourth-order valence-corrected chi connectivity index (χ4v) is 6.62. The van der Waals surface area contributed by atoms with E-state index in [0.717, 1.165) is 53.5 Å². The molecule has 1 saturated heterocycles. The number of nitrogens with one attached hydrogen (secondary N) is 1. The van der Waals surface area contributed by atoms with Crippen LogP contribution in [0.4, 0.5) is 11.5 Å². The van der Waals surface area contributed by atoms with Crippen LogP contribution in [0.25, 0.3) is 22.2 Å². The highest BCUT2D eigenvalue weighted by molar-refractivity contribution is 6.05. The van der Waals surface area contributed by atoms with Gasteiger partial charge in [-0.3, -0.25) is 9.59 Å². The predicted octanol–water partition coefficient (Wildman–Crippen LogP) is 5.20. The van der Waals surface area contributed by atoms with Crippen LogP contribution < -0.4 is 11.1 Å². The van der Waals surface area contributed by atoms with Crippen LogP contribution in [0.15, 0.2) is 78.8 Å². The van der Waals surface area contributed by atoms with Crippen LogP contribution in [-0.4, -0.2) is 44.3 Å². The quantitative estimate of drug-likeness (QED) is 0.248. The zero-order chi connectivity index (χ0) is 28.8. The molecule has 0 radical (unpaired) electrons. The van der Waals surface area contributed by atoms with E-state index in [-0.39, 0.29) is 17.9 Å². The van der Waals surface area contributed by atoms with Crippen molar-refractivity contribution in [2.75, 3.05) is 24.1 Å². The zero-order valence-corrected chi connectivity index (χ0v) is 23.1. The number of allylic oxidation sites excluding steroid dienone is 1. The molecule has 3 N–H and O–H groups in total. The molecule has 42 heavy (non-hydrogen) atoms. The molecule has 9 heteroatoms. The van der Waals surface area contributed by atoms with Crippen molar-refractivity contribution >= 4 is 34.4 Å². The highest BCUT2D eigenvalue weighted by Gasteiger charge is 2.44. The number of likely N-dealkylation sites (tertiary alicyclic amines) is 1. The maximum absolute atomic E-state index is 13.0. The molecule has 0 spiro atoms. The molecule has 4 aromatic rings. The van der Waals surface area contributed by atoms with Crippen molar-refractivity contribution in [3.8, 4) is 17.2 Å². The number of nitrogen functional groups attached to an aromatic ring is 1. The number of anilines is 2. The number of hydrogen-bond acceptors (Lipinski definition) is 6. The minimum atomic E-state index is -0.173. The number of nitriles is 1. The van der Waals surface area contributed by atoms with Crippen LogP contribution in [0.1, 0.15) is 42.1 Å². The number of carbonyl (C=O) groups is 2. The number of hydrogen-bond donors (Lipinski definition) is 2. The standard InChI is InChI=1S/C33H31N7O2/c34-15-23(12-20-6-7-20)33(42)39-16-24-13-27(14-25(24)17-39)40-18-28(29-30(35)36-19-37-31(29)40)21-8-10-22(11-9-21)32(41)38-26-4-2-1-3-5-26/h1-5,8-12,18-20,24-25,27H,6-7,13-14,16-17H2,(H,38,41)(H2,35,36,37). The van der Waals surface area contributed by atoms with E-state index in [2.05, 4.69) is 32.1 Å². The molecule has 9 nitrogen and oxygen atoms in total. The fourth-order valence-electron chi connectivity index (χ4n) is 6.62. The second-order valence-electron chi connectivity index (χ2n) is 11.7. The Kier molecular flexibility index (Phi) is 6.46. The Bertz CT molecular complexity index is 1730. The van der Waals surface area contributed by atoms with E-state index in [4.69, 9.17) is 5.73 Å². The Hall–Kier alpha value is -4.97. The molecule has 0 bridgehead atoms. The average Bonchev–Trinajstić information content (AvgIpc) is 3.41. The van der Waals surface area contributed by atoms with Gasteiger partial charge in [0.2, 0.25) is 0 Å². The SMILES string of the molecule is N#CC(=CC1CC1)C(=O)N1CC2CC(n3cc(-c4ccc(C(=O)Nc5ccccc5)cc4)c4c(N)ncnc43)CC2C1. The summed E-state index contributed by atoms with van der Waals surface area (Å²) in [4.78, 5) is 36.6. The molecule has 7 rings (SSSR count). The van der Waals surface area contributed by atoms with Gasteiger partial charge in [-0.2, -0.15) is 5.26 Å². The van der Waals surface area contributed by atoms with Crippen molar-refractivity contribution in [2.24, 2.45) is 17.8 Å². The number of carbonyl (C=O) groups excluding carboxylic acids is 2. The number of benzene rings is 2. The van der Waals surface area contributed by atoms with Crippen molar-refractivity contribution in [1.82, 2.24) is 19.4 Å². The van der Waals surface area contributed by atoms with E-state index >= 15 is 0 Å². The lowest BCUT2D eigenvalue weighted by molar-refractivity contribution is -0.126. The van der Waals surface area contributed by atoms with Crippen LogP contribution in [0.2, 0.25) is 0 Å². The van der Waals surface area contributed by atoms with Gasteiger partial charge in [0.05, 0.1) is 5.39 Å². The van der Waals surface area contributed by atoms with Crippen molar-refractivity contribution < 1.29 is 9.59 Å². The Balaban J connectivity index is 1.11. The third-order valence-corrected chi connectivity index (χ3v) is 8.91. The van der Waals surface area contributed by atoms with Gasteiger partial charge >= 0.3 is 0 Å². The van der Waals surface area contributed by atoms with Crippen molar-refractivity contribution in [2.45, 2.75) is 31.7 Å². The first-order chi connectivity index (χ1) is 20.5. The molecule has 3 heterocycles. The fraction of sp³-hybridized carbons (Fsp3) is 0.303. The van der Waals surface area contributed by atoms with Crippen molar-refractivity contribution in [1.29, 1.82) is 5.26 Å². The highest BCUT2D eigenvalue weighted by atomic mass is 16.2. The van der Waals surface area contributed by atoms with E-state index in [1.165, 1.54) is 6.33 Å². The topological polar surface area (TPSA) is 130 Å². The van der Waals surface area contributed by atoms with Gasteiger partial charge in [-0.25, -0.2) is 9.97 Å². The summed E-state index contributed by atoms with van der Waals surface area (Å²) in [7, 11) is 0. The molecular weight excluding hydrogens is 526 g/mol. The lowest BCUT2D eigenvalue weighted by Crippen LogP contribution is -2.31. The summed E-state index contributed by atoms with van der Waals surface area (Å²) in [6.07, 6.45) is 9.46. The molecule has 2 atom stereocenters. The first kappa shape index (κ1) is 26.0. The Morgan fingerprint density at radius 2 is 1.71 bits per heavy atom. The predicted molar refractivity (Wildman–Crippen MR) is 160 cm³/mol. The summed E-state index contributed by atoms with van der Waals surface area (Å²) in [6, 6.07) is 19.2. The Labute approximate surface area is 243 Å². The first-order valence-corrected chi connectivity index (χ1v) is 14.5. The van der Waals surface area contributed by atoms with E-state index < -0.39 is 0 Å². The van der Waals surface area contributed by atoms with Gasteiger partial charge in [-0.1, -0.05) is 36.4 Å². The molecule has 2 aromatic heterocycles. The van der Waals surface area contributed by atoms with Gasteiger partial charge in [0.25, 0.3) is 11.8 Å². The maximum atomic E-state index is 13.0. The largest absolute Gasteiger partial charge is 0.383 e. The molecule has 3 aliphatic rings. The van der Waals surface area contributed by atoms with E-state index in [1.807, 2.05) is 65.6 Å². The third kappa shape index (κ3) is 4.79. The number of nitrogens with zero attached hydrogens (tertiary/aromatic N) is 5. The summed E-state index contributed by atoms with van der Waals surface area (Å²) in [6.45, 7) is 1.36. The molecular formula is C33H31N7O2. The van der Waals surface area contributed by atoms with Crippen LogP contribution in [0, 0.1) is 29.1 Å². The van der Waals surface area contributed by atoms with Gasteiger partial charge in [0.1, 0.15) is 29.4 Å². The van der Waals surface area contributed by atoms with E-state index in [0.29, 0.717) is 47.8 Å². The highest BCUT2D eigenvalue weighted by Crippen LogP contribution is 2.46. The molecule has 210 valence electrons. The van der Waals surface area contributed by atoms with E-state index in [9.17, 15) is 14.9 Å². The number of fused-ring (bicyclic) bond motifs is 2. The molecule has 2 aliphatic carbocycles. The van der Waals surface area contributed by atoms with Crippen LogP contribution in [-0.2, 0) is 4.79 Å². The number of amides is 2. The molecule has 1 aliphatic heterocycles. The molecule has 2 aromatic carbocycles. The van der Waals surface area contributed by atoms with Gasteiger partial charge in [-0.15, -0.1) is 0 Å². The minimum Gasteiger partial charge on any atom is -0.383 e. The van der Waals surface area contributed by atoms with Crippen molar-refractivity contribution in [3.05, 3.63) is 84.3 Å². The number of nitrogens with two attached hydrogens (primary N) is 1. The number of para-hydroxylation sites is 1. The lowest BCUT2D eigenvalue weighted by Gasteiger charge is -2.20. The third-order valence-electron chi connectivity index (χ3n) is 8.91. The van der Waals surface area contributed by atoms with Gasteiger partial charge < -0.3 is 20.5 Å². The zero-order valence-electron chi connectivity index (χ0n) is 23.1. The summed E-state index contributed by atoms with van der Waals surface area (Å²) >= 11 is 0. The van der Waals surface area contributed by atoms with Crippen LogP contribution in [0.5, 0.6) is 0 Å². The van der Waals surface area contributed by atoms with E-state index in [1.54, 1.807) is 0 Å². The summed E-state index contributed by atoms with van der Waals surface area (Å²) in [5, 5.41) is 13.3. The Morgan fingerprint density at radius 1 is 1.00 bits per heavy atom. The average molecular weight is 558 g/mol. The minimum absolute atomic E-state index is 0.120. The van der Waals surface area contributed by atoms with Gasteiger partial charge in [-0.05, 0) is 73.3 Å². The molecule has 3 fully saturated rings. The smallest absolute Gasteiger partial charge is 0.264 e. The monoisotopic (exact) mass is 557 g/mol. The molecule has 2 unspecified atom stereocenters. The number of rotatable bonds is 6. The lowest BCUT2D eigenvalue weighted by atomic mass is 10.0. The normalized spacial score (nSPS) is 21.7. The maximum Gasteiger partial charge on any atom is 0.264 e. The van der Waals surface area contributed by atoms with Crippen LogP contribution in [0.3, 0.4) is 0 Å².